The molecular formula is C11H8O9S2. The first-order valence-electron chi connectivity index (χ1n) is 5.41. The van der Waals surface area contributed by atoms with Crippen LogP contribution in [0.1, 0.15) is 10.4 Å². The molecule has 0 fully saturated rings. The number of carboxylic acid groups (broad SMARTS) is 1. The summed E-state index contributed by atoms with van der Waals surface area (Å²) in [6, 6.07) is 3.06. The van der Waals surface area contributed by atoms with E-state index in [1.54, 1.807) is 0 Å². The van der Waals surface area contributed by atoms with E-state index in [0.717, 1.165) is 12.1 Å². The van der Waals surface area contributed by atoms with Gasteiger partial charge >= 0.3 is 5.97 Å². The number of phenols is 1. The lowest BCUT2D eigenvalue weighted by Crippen LogP contribution is -2.05. The first-order chi connectivity index (χ1) is 9.93. The van der Waals surface area contributed by atoms with Gasteiger partial charge in [-0.3, -0.25) is 9.11 Å². The first-order valence-corrected chi connectivity index (χ1v) is 8.29. The third-order valence-corrected chi connectivity index (χ3v) is 4.57. The molecule has 11 heteroatoms. The number of aromatic hydroxyl groups is 1. The monoisotopic (exact) mass is 348 g/mol. The topological polar surface area (TPSA) is 166 Å². The quantitative estimate of drug-likeness (QED) is 0.585. The lowest BCUT2D eigenvalue weighted by Gasteiger charge is -2.10. The highest BCUT2D eigenvalue weighted by atomic mass is 32.2. The summed E-state index contributed by atoms with van der Waals surface area (Å²) in [6.07, 6.45) is 0. The van der Waals surface area contributed by atoms with Gasteiger partial charge in [0.05, 0.1) is 4.90 Å². The third kappa shape index (κ3) is 2.74. The Morgan fingerprint density at radius 1 is 0.909 bits per heavy atom. The number of hydrogen-bond donors (Lipinski definition) is 4. The lowest BCUT2D eigenvalue weighted by molar-refractivity contribution is 0.0694. The Labute approximate surface area is 123 Å². The molecule has 0 aliphatic carbocycles. The summed E-state index contributed by atoms with van der Waals surface area (Å²) in [6.45, 7) is 0. The van der Waals surface area contributed by atoms with Crippen molar-refractivity contribution in [3.05, 3.63) is 29.8 Å². The minimum absolute atomic E-state index is 0.308. The van der Waals surface area contributed by atoms with Crippen LogP contribution in [-0.4, -0.2) is 42.1 Å². The van der Waals surface area contributed by atoms with Crippen LogP contribution in [0.15, 0.2) is 34.1 Å². The van der Waals surface area contributed by atoms with Gasteiger partial charge in [0.25, 0.3) is 20.2 Å². The second-order valence-corrected chi connectivity index (χ2v) is 7.05. The van der Waals surface area contributed by atoms with E-state index in [-0.39, 0.29) is 5.39 Å². The van der Waals surface area contributed by atoms with Crippen LogP contribution in [0, 0.1) is 0 Å². The number of benzene rings is 2. The Kier molecular flexibility index (Phi) is 3.61. The SMILES string of the molecule is O=C(O)c1ccc2c(S(=O)(=O)O)cc(S(=O)(=O)O)cc2c1O. The van der Waals surface area contributed by atoms with E-state index in [2.05, 4.69) is 0 Å². The Morgan fingerprint density at radius 2 is 1.50 bits per heavy atom. The predicted molar refractivity (Wildman–Crippen MR) is 72.2 cm³/mol. The summed E-state index contributed by atoms with van der Waals surface area (Å²) in [5, 5.41) is 18.0. The van der Waals surface area contributed by atoms with Gasteiger partial charge in [-0.15, -0.1) is 0 Å². The average molecular weight is 348 g/mol. The van der Waals surface area contributed by atoms with Crippen molar-refractivity contribution in [1.82, 2.24) is 0 Å². The summed E-state index contributed by atoms with van der Waals surface area (Å²) in [4.78, 5) is 9.11. The fraction of sp³-hybridized carbons (Fsp3) is 0. The van der Waals surface area contributed by atoms with Crippen molar-refractivity contribution in [2.45, 2.75) is 9.79 Å². The van der Waals surface area contributed by atoms with Gasteiger partial charge in [0.15, 0.2) is 0 Å². The molecule has 0 radical (unpaired) electrons. The maximum Gasteiger partial charge on any atom is 0.339 e. The lowest BCUT2D eigenvalue weighted by atomic mass is 10.1. The molecule has 4 N–H and O–H groups in total. The highest BCUT2D eigenvalue weighted by molar-refractivity contribution is 7.86. The molecule has 0 atom stereocenters. The fourth-order valence-corrected chi connectivity index (χ4v) is 3.23. The van der Waals surface area contributed by atoms with E-state index < -0.39 is 52.7 Å². The van der Waals surface area contributed by atoms with Gasteiger partial charge in [0.2, 0.25) is 0 Å². The molecule has 2 aromatic rings. The zero-order valence-corrected chi connectivity index (χ0v) is 12.1. The van der Waals surface area contributed by atoms with E-state index in [1.807, 2.05) is 0 Å². The number of hydrogen-bond acceptors (Lipinski definition) is 6. The second kappa shape index (κ2) is 4.91. The molecule has 2 aromatic carbocycles. The summed E-state index contributed by atoms with van der Waals surface area (Å²) in [5.41, 5.74) is -0.610. The maximum atomic E-state index is 11.3. The van der Waals surface area contributed by atoms with Gasteiger partial charge in [-0.25, -0.2) is 4.79 Å². The molecule has 0 saturated heterocycles. The van der Waals surface area contributed by atoms with E-state index in [1.165, 1.54) is 0 Å². The number of fused-ring (bicyclic) bond motifs is 1. The number of rotatable bonds is 3. The Morgan fingerprint density at radius 3 is 1.95 bits per heavy atom. The van der Waals surface area contributed by atoms with Crippen molar-refractivity contribution >= 4 is 37.0 Å². The molecule has 0 amide bonds. The van der Waals surface area contributed by atoms with E-state index in [0.29, 0.717) is 12.1 Å². The van der Waals surface area contributed by atoms with Gasteiger partial charge in [-0.2, -0.15) is 16.8 Å². The molecule has 0 bridgehead atoms. The van der Waals surface area contributed by atoms with E-state index >= 15 is 0 Å². The molecule has 0 heterocycles. The van der Waals surface area contributed by atoms with Gasteiger partial charge in [-0.05, 0) is 18.2 Å². The van der Waals surface area contributed by atoms with Crippen molar-refractivity contribution < 1.29 is 40.9 Å². The van der Waals surface area contributed by atoms with Crippen LogP contribution in [-0.2, 0) is 20.2 Å². The summed E-state index contributed by atoms with van der Waals surface area (Å²) >= 11 is 0. The van der Waals surface area contributed by atoms with E-state index in [9.17, 15) is 26.7 Å². The van der Waals surface area contributed by atoms with Gasteiger partial charge < -0.3 is 10.2 Å². The fourth-order valence-electron chi connectivity index (χ4n) is 1.89. The molecule has 0 spiro atoms. The van der Waals surface area contributed by atoms with Gasteiger partial charge in [0.1, 0.15) is 16.2 Å². The smallest absolute Gasteiger partial charge is 0.339 e. The summed E-state index contributed by atoms with van der Waals surface area (Å²) in [7, 11) is -9.76. The highest BCUT2D eigenvalue weighted by Crippen LogP contribution is 2.35. The van der Waals surface area contributed by atoms with Crippen LogP contribution in [0.2, 0.25) is 0 Å². The molecule has 0 aliphatic rings. The maximum absolute atomic E-state index is 11.3. The minimum atomic E-state index is -4.90. The van der Waals surface area contributed by atoms with E-state index in [4.69, 9.17) is 14.2 Å². The molecule has 118 valence electrons. The number of aromatic carboxylic acids is 1. The molecular weight excluding hydrogens is 340 g/mol. The van der Waals surface area contributed by atoms with Crippen LogP contribution in [0.25, 0.3) is 10.8 Å². The summed E-state index contributed by atoms with van der Waals surface area (Å²) < 4.78 is 63.2. The van der Waals surface area contributed by atoms with Crippen molar-refractivity contribution in [1.29, 1.82) is 0 Å². The second-order valence-electron chi connectivity index (χ2n) is 4.23. The van der Waals surface area contributed by atoms with Crippen LogP contribution in [0.3, 0.4) is 0 Å². The van der Waals surface area contributed by atoms with Crippen LogP contribution >= 0.6 is 0 Å². The molecule has 2 rings (SSSR count). The standard InChI is InChI=1S/C11H8O9S2/c12-10-7(11(13)14)2-1-6-8(10)3-5(21(15,16)17)4-9(6)22(18,19)20/h1-4,12H,(H,13,14)(H,15,16,17)(H,18,19,20). The number of carbonyl (C=O) groups is 1. The zero-order chi connectivity index (χ0) is 16.9. The number of carboxylic acids is 1. The van der Waals surface area contributed by atoms with Crippen LogP contribution in [0.5, 0.6) is 5.75 Å². The van der Waals surface area contributed by atoms with Crippen LogP contribution < -0.4 is 0 Å². The largest absolute Gasteiger partial charge is 0.506 e. The van der Waals surface area contributed by atoms with Crippen molar-refractivity contribution in [2.24, 2.45) is 0 Å². The zero-order valence-electron chi connectivity index (χ0n) is 10.5. The molecule has 22 heavy (non-hydrogen) atoms. The van der Waals surface area contributed by atoms with Gasteiger partial charge in [0, 0.05) is 10.8 Å². The third-order valence-electron chi connectivity index (χ3n) is 2.85. The first kappa shape index (κ1) is 16.2. The van der Waals surface area contributed by atoms with Crippen molar-refractivity contribution in [2.75, 3.05) is 0 Å². The van der Waals surface area contributed by atoms with Crippen LogP contribution in [0.4, 0.5) is 0 Å². The van der Waals surface area contributed by atoms with Crippen molar-refractivity contribution in [3.8, 4) is 5.75 Å². The summed E-state index contributed by atoms with van der Waals surface area (Å²) in [5.74, 6) is -2.44. The molecule has 9 nitrogen and oxygen atoms in total. The highest BCUT2D eigenvalue weighted by Gasteiger charge is 2.23. The normalized spacial score (nSPS) is 12.5. The molecule has 0 aliphatic heterocycles. The Hall–Kier alpha value is -2.21. The Balaban J connectivity index is 3.09. The van der Waals surface area contributed by atoms with Crippen molar-refractivity contribution in [3.63, 3.8) is 0 Å². The average Bonchev–Trinajstić information content (AvgIpc) is 2.35. The molecule has 0 unspecified atom stereocenters. The predicted octanol–water partition coefficient (Wildman–Crippen LogP) is 0.737. The molecule has 0 aromatic heterocycles. The minimum Gasteiger partial charge on any atom is -0.506 e. The van der Waals surface area contributed by atoms with Gasteiger partial charge in [-0.1, -0.05) is 6.07 Å². The molecule has 0 saturated carbocycles. The Bertz CT molecular complexity index is 1000.